The molecule has 2 aliphatic heterocycles. The molecular weight excluding hydrogens is 492 g/mol. The number of rotatable bonds is 10. The van der Waals surface area contributed by atoms with Gasteiger partial charge < -0.3 is 24.4 Å². The number of carbonyl (C=O) groups excluding carboxylic acids is 3. The molecule has 1 saturated heterocycles. The first-order valence-corrected chi connectivity index (χ1v) is 12.6. The summed E-state index contributed by atoms with van der Waals surface area (Å²) in [6, 6.07) is 6.84. The summed E-state index contributed by atoms with van der Waals surface area (Å²) in [5, 5.41) is 2.68. The van der Waals surface area contributed by atoms with Gasteiger partial charge >= 0.3 is 0 Å². The molecule has 2 unspecified atom stereocenters. The number of likely N-dealkylation sites (tertiary alicyclic amines) is 1. The number of anilines is 3. The second-order valence-corrected chi connectivity index (χ2v) is 9.31. The lowest BCUT2D eigenvalue weighted by Crippen LogP contribution is -2.55. The van der Waals surface area contributed by atoms with Crippen LogP contribution < -0.4 is 24.6 Å². The van der Waals surface area contributed by atoms with E-state index in [2.05, 4.69) is 20.2 Å². The molecule has 2 aromatic rings. The average Bonchev–Trinajstić information content (AvgIpc) is 2.92. The summed E-state index contributed by atoms with van der Waals surface area (Å²) in [5.41, 5.74) is 0.900. The molecule has 204 valence electrons. The standard InChI is InChI=1S/C26H34N6O6/c1-17-6-9-24(37-4)29-26(17)31(18(2)34)12-5-11-30-13-10-19(21(14-30)36-3)32(16-33)22-8-7-20-25(27-22)28-23(35)15-38-20/h6-9,16,19,21H,5,10-15H2,1-4H3,(H,27,28,35). The molecule has 2 aromatic heterocycles. The van der Waals surface area contributed by atoms with Gasteiger partial charge in [0.05, 0.1) is 19.3 Å². The molecule has 0 bridgehead atoms. The van der Waals surface area contributed by atoms with E-state index < -0.39 is 0 Å². The highest BCUT2D eigenvalue weighted by molar-refractivity contribution is 5.94. The molecule has 4 rings (SSSR count). The molecule has 0 aromatic carbocycles. The van der Waals surface area contributed by atoms with Gasteiger partial charge in [-0.2, -0.15) is 4.98 Å². The van der Waals surface area contributed by atoms with Crippen LogP contribution in [0.3, 0.4) is 0 Å². The zero-order chi connectivity index (χ0) is 27.2. The van der Waals surface area contributed by atoms with Gasteiger partial charge in [-0.25, -0.2) is 4.98 Å². The third kappa shape index (κ3) is 6.03. The van der Waals surface area contributed by atoms with Crippen LogP contribution in [-0.4, -0.2) is 92.2 Å². The number of amides is 3. The van der Waals surface area contributed by atoms with E-state index >= 15 is 0 Å². The fourth-order valence-electron chi connectivity index (χ4n) is 4.87. The van der Waals surface area contributed by atoms with Crippen LogP contribution >= 0.6 is 0 Å². The molecule has 0 aliphatic carbocycles. The van der Waals surface area contributed by atoms with Crippen molar-refractivity contribution in [2.75, 3.05) is 62.1 Å². The summed E-state index contributed by atoms with van der Waals surface area (Å²) in [4.78, 5) is 50.7. The SMILES string of the molecule is COc1ccc(C)c(N(CCCN2CCC(N(C=O)c3ccc4c(n3)NC(=O)CO4)C(OC)C2)C(C)=O)n1. The van der Waals surface area contributed by atoms with Gasteiger partial charge in [-0.15, -0.1) is 0 Å². The lowest BCUT2D eigenvalue weighted by atomic mass is 9.99. The number of piperidine rings is 1. The third-order valence-corrected chi connectivity index (χ3v) is 6.85. The van der Waals surface area contributed by atoms with Gasteiger partial charge in [0.1, 0.15) is 11.6 Å². The Morgan fingerprint density at radius 2 is 2.08 bits per heavy atom. The number of nitrogens with zero attached hydrogens (tertiary/aromatic N) is 5. The number of hydrogen-bond donors (Lipinski definition) is 1. The number of ether oxygens (including phenoxy) is 3. The van der Waals surface area contributed by atoms with Crippen molar-refractivity contribution >= 4 is 35.7 Å². The lowest BCUT2D eigenvalue weighted by molar-refractivity contribution is -0.119. The fraction of sp³-hybridized carbons (Fsp3) is 0.500. The Hall–Kier alpha value is -3.77. The summed E-state index contributed by atoms with van der Waals surface area (Å²) in [6.45, 7) is 6.02. The fourth-order valence-corrected chi connectivity index (χ4v) is 4.87. The molecule has 2 atom stereocenters. The maximum atomic E-state index is 12.4. The lowest BCUT2D eigenvalue weighted by Gasteiger charge is -2.41. The zero-order valence-electron chi connectivity index (χ0n) is 22.2. The molecular formula is C26H34N6O6. The van der Waals surface area contributed by atoms with Crippen molar-refractivity contribution < 1.29 is 28.6 Å². The van der Waals surface area contributed by atoms with E-state index in [9.17, 15) is 14.4 Å². The Kier molecular flexibility index (Phi) is 8.74. The van der Waals surface area contributed by atoms with Crippen molar-refractivity contribution in [3.8, 4) is 11.6 Å². The maximum absolute atomic E-state index is 12.4. The first kappa shape index (κ1) is 27.3. The molecule has 2 aliphatic rings. The molecule has 1 N–H and O–H groups in total. The summed E-state index contributed by atoms with van der Waals surface area (Å²) in [6.07, 6.45) is 1.92. The number of fused-ring (bicyclic) bond motifs is 1. The van der Waals surface area contributed by atoms with Crippen LogP contribution in [0.1, 0.15) is 25.3 Å². The summed E-state index contributed by atoms with van der Waals surface area (Å²) < 4.78 is 16.4. The van der Waals surface area contributed by atoms with Crippen LogP contribution in [0.15, 0.2) is 24.3 Å². The van der Waals surface area contributed by atoms with Crippen LogP contribution in [0.4, 0.5) is 17.5 Å². The molecule has 12 nitrogen and oxygen atoms in total. The Balaban J connectivity index is 1.38. The minimum atomic E-state index is -0.288. The number of aryl methyl sites for hydroxylation is 1. The summed E-state index contributed by atoms with van der Waals surface area (Å²) >= 11 is 0. The van der Waals surface area contributed by atoms with Crippen molar-refractivity contribution in [2.45, 2.75) is 38.8 Å². The first-order chi connectivity index (χ1) is 18.3. The van der Waals surface area contributed by atoms with Gasteiger partial charge in [0.25, 0.3) is 5.91 Å². The minimum Gasteiger partial charge on any atom is -0.481 e. The smallest absolute Gasteiger partial charge is 0.263 e. The van der Waals surface area contributed by atoms with E-state index in [1.54, 1.807) is 42.2 Å². The second-order valence-electron chi connectivity index (χ2n) is 9.31. The third-order valence-electron chi connectivity index (χ3n) is 6.85. The summed E-state index contributed by atoms with van der Waals surface area (Å²) in [7, 11) is 3.18. The molecule has 4 heterocycles. The van der Waals surface area contributed by atoms with Gasteiger partial charge in [-0.3, -0.25) is 24.2 Å². The van der Waals surface area contributed by atoms with Crippen molar-refractivity contribution in [3.05, 3.63) is 29.8 Å². The van der Waals surface area contributed by atoms with Gasteiger partial charge in [-0.05, 0) is 44.0 Å². The molecule has 0 saturated carbocycles. The molecule has 3 amide bonds. The number of hydrogen-bond acceptors (Lipinski definition) is 9. The van der Waals surface area contributed by atoms with Crippen LogP contribution in [0.2, 0.25) is 0 Å². The van der Waals surface area contributed by atoms with Crippen molar-refractivity contribution in [3.63, 3.8) is 0 Å². The van der Waals surface area contributed by atoms with E-state index in [1.165, 1.54) is 6.92 Å². The number of methoxy groups -OCH3 is 2. The van der Waals surface area contributed by atoms with E-state index in [0.717, 1.165) is 31.5 Å². The second kappa shape index (κ2) is 12.2. The van der Waals surface area contributed by atoms with E-state index in [0.29, 0.717) is 48.6 Å². The van der Waals surface area contributed by atoms with Crippen molar-refractivity contribution in [1.82, 2.24) is 14.9 Å². The first-order valence-electron chi connectivity index (χ1n) is 12.6. The maximum Gasteiger partial charge on any atom is 0.263 e. The monoisotopic (exact) mass is 526 g/mol. The molecule has 12 heteroatoms. The van der Waals surface area contributed by atoms with Gasteiger partial charge in [0.15, 0.2) is 18.2 Å². The highest BCUT2D eigenvalue weighted by Crippen LogP contribution is 2.30. The van der Waals surface area contributed by atoms with Crippen molar-refractivity contribution in [2.24, 2.45) is 0 Å². The van der Waals surface area contributed by atoms with Gasteiger partial charge in [-0.1, -0.05) is 6.07 Å². The molecule has 0 radical (unpaired) electrons. The number of aromatic nitrogens is 2. The van der Waals surface area contributed by atoms with E-state index in [-0.39, 0.29) is 30.6 Å². The molecule has 38 heavy (non-hydrogen) atoms. The number of nitrogens with one attached hydrogen (secondary N) is 1. The normalized spacial score (nSPS) is 19.1. The summed E-state index contributed by atoms with van der Waals surface area (Å²) in [5.74, 6) is 1.88. The average molecular weight is 527 g/mol. The van der Waals surface area contributed by atoms with Crippen LogP contribution in [-0.2, 0) is 19.1 Å². The Labute approximate surface area is 221 Å². The predicted octanol–water partition coefficient (Wildman–Crippen LogP) is 1.62. The van der Waals surface area contributed by atoms with Crippen LogP contribution in [0.5, 0.6) is 11.6 Å². The number of carbonyl (C=O) groups is 3. The van der Waals surface area contributed by atoms with E-state index in [4.69, 9.17) is 14.2 Å². The molecule has 0 spiro atoms. The Morgan fingerprint density at radius 1 is 1.26 bits per heavy atom. The number of pyridine rings is 2. The largest absolute Gasteiger partial charge is 0.481 e. The predicted molar refractivity (Wildman–Crippen MR) is 141 cm³/mol. The van der Waals surface area contributed by atoms with Crippen LogP contribution in [0, 0.1) is 6.92 Å². The highest BCUT2D eigenvalue weighted by atomic mass is 16.5. The van der Waals surface area contributed by atoms with E-state index in [1.807, 2.05) is 13.0 Å². The van der Waals surface area contributed by atoms with Crippen LogP contribution in [0.25, 0.3) is 0 Å². The Morgan fingerprint density at radius 3 is 2.79 bits per heavy atom. The highest BCUT2D eigenvalue weighted by Gasteiger charge is 2.35. The van der Waals surface area contributed by atoms with Gasteiger partial charge in [0.2, 0.25) is 18.2 Å². The topological polar surface area (TPSA) is 126 Å². The zero-order valence-corrected chi connectivity index (χ0v) is 22.2. The van der Waals surface area contributed by atoms with Gasteiger partial charge in [0, 0.05) is 39.7 Å². The quantitative estimate of drug-likeness (QED) is 0.460. The molecule has 1 fully saturated rings. The van der Waals surface area contributed by atoms with Crippen molar-refractivity contribution in [1.29, 1.82) is 0 Å². The Bertz CT molecular complexity index is 1180. The minimum absolute atomic E-state index is 0.0601.